The van der Waals surface area contributed by atoms with Gasteiger partial charge in [0.15, 0.2) is 6.29 Å². The molecular formula is C13H18O6. The summed E-state index contributed by atoms with van der Waals surface area (Å²) in [6.45, 7) is 0. The second-order valence-electron chi connectivity index (χ2n) is 4.70. The average molecular weight is 270 g/mol. The summed E-state index contributed by atoms with van der Waals surface area (Å²) < 4.78 is 5.01. The van der Waals surface area contributed by atoms with Crippen LogP contribution in [0.1, 0.15) is 18.1 Å². The Morgan fingerprint density at radius 3 is 2.21 bits per heavy atom. The molecule has 1 aliphatic rings. The van der Waals surface area contributed by atoms with E-state index >= 15 is 0 Å². The Balaban J connectivity index is 2.02. The summed E-state index contributed by atoms with van der Waals surface area (Å²) in [5.41, 5.74) is 0.647. The molecule has 1 unspecified atom stereocenters. The third-order valence-electron chi connectivity index (χ3n) is 3.33. The first-order chi connectivity index (χ1) is 9.00. The summed E-state index contributed by atoms with van der Waals surface area (Å²) in [5.74, 6) is 0. The molecule has 19 heavy (non-hydrogen) atoms. The lowest BCUT2D eigenvalue weighted by Gasteiger charge is -2.39. The number of hydrogen-bond acceptors (Lipinski definition) is 6. The fraction of sp³-hybridized carbons (Fsp3) is 0.538. The second-order valence-corrected chi connectivity index (χ2v) is 4.70. The molecule has 1 aromatic rings. The van der Waals surface area contributed by atoms with Crippen LogP contribution in [0, 0.1) is 0 Å². The molecule has 0 bridgehead atoms. The Kier molecular flexibility index (Phi) is 4.51. The topological polar surface area (TPSA) is 110 Å². The van der Waals surface area contributed by atoms with Crippen molar-refractivity contribution in [2.75, 3.05) is 0 Å². The zero-order valence-corrected chi connectivity index (χ0v) is 10.2. The molecule has 1 aliphatic heterocycles. The Hall–Kier alpha value is -1.02. The summed E-state index contributed by atoms with van der Waals surface area (Å²) in [4.78, 5) is 0. The average Bonchev–Trinajstić information content (AvgIpc) is 2.43. The second kappa shape index (κ2) is 5.96. The maximum absolute atomic E-state index is 10.0. The Bertz CT molecular complexity index is 397. The van der Waals surface area contributed by atoms with E-state index in [1.807, 2.05) is 6.07 Å². The summed E-state index contributed by atoms with van der Waals surface area (Å²) >= 11 is 0. The van der Waals surface area contributed by atoms with Gasteiger partial charge in [-0.15, -0.1) is 0 Å². The molecule has 1 heterocycles. The normalized spacial score (nSPS) is 37.0. The predicted molar refractivity (Wildman–Crippen MR) is 64.9 cm³/mol. The Morgan fingerprint density at radius 2 is 1.58 bits per heavy atom. The highest BCUT2D eigenvalue weighted by atomic mass is 16.6. The lowest BCUT2D eigenvalue weighted by Crippen LogP contribution is -2.57. The van der Waals surface area contributed by atoms with Crippen LogP contribution in [0.2, 0.25) is 0 Å². The molecule has 5 N–H and O–H groups in total. The van der Waals surface area contributed by atoms with Gasteiger partial charge in [0.2, 0.25) is 0 Å². The molecule has 0 saturated carbocycles. The van der Waals surface area contributed by atoms with Crippen molar-refractivity contribution in [3.63, 3.8) is 0 Å². The molecular weight excluding hydrogens is 252 g/mol. The highest BCUT2D eigenvalue weighted by Crippen LogP contribution is 2.27. The molecule has 1 saturated heterocycles. The Labute approximate surface area is 110 Å². The zero-order chi connectivity index (χ0) is 14.0. The van der Waals surface area contributed by atoms with Crippen molar-refractivity contribution in [2.45, 2.75) is 43.2 Å². The maximum Gasteiger partial charge on any atom is 0.183 e. The van der Waals surface area contributed by atoms with E-state index in [0.29, 0.717) is 5.56 Å². The van der Waals surface area contributed by atoms with Gasteiger partial charge in [0.05, 0.1) is 12.2 Å². The van der Waals surface area contributed by atoms with E-state index in [4.69, 9.17) is 4.74 Å². The van der Waals surface area contributed by atoms with Crippen LogP contribution in [0.4, 0.5) is 0 Å². The monoisotopic (exact) mass is 270 g/mol. The van der Waals surface area contributed by atoms with E-state index in [1.165, 1.54) is 0 Å². The number of rotatable bonds is 3. The molecule has 6 atom stereocenters. The fourth-order valence-corrected chi connectivity index (χ4v) is 2.16. The first-order valence-electron chi connectivity index (χ1n) is 6.11. The molecule has 1 fully saturated rings. The van der Waals surface area contributed by atoms with Crippen LogP contribution in [0.15, 0.2) is 30.3 Å². The van der Waals surface area contributed by atoms with Crippen LogP contribution in [-0.4, -0.2) is 56.2 Å². The molecule has 106 valence electrons. The van der Waals surface area contributed by atoms with Gasteiger partial charge in [0, 0.05) is 6.42 Å². The number of ether oxygens (including phenoxy) is 1. The summed E-state index contributed by atoms with van der Waals surface area (Å²) in [7, 11) is 0. The van der Waals surface area contributed by atoms with Crippen LogP contribution < -0.4 is 0 Å². The number of benzene rings is 1. The van der Waals surface area contributed by atoms with Gasteiger partial charge in [-0.3, -0.25) is 0 Å². The lowest BCUT2D eigenvalue weighted by molar-refractivity contribution is -0.285. The minimum atomic E-state index is -1.58. The van der Waals surface area contributed by atoms with Gasteiger partial charge < -0.3 is 30.3 Å². The van der Waals surface area contributed by atoms with Crippen molar-refractivity contribution in [3.05, 3.63) is 35.9 Å². The molecule has 1 aromatic carbocycles. The summed E-state index contributed by atoms with van der Waals surface area (Å²) in [6.07, 6.45) is -7.84. The van der Waals surface area contributed by atoms with Gasteiger partial charge in [-0.2, -0.15) is 0 Å². The van der Waals surface area contributed by atoms with Crippen LogP contribution in [0.25, 0.3) is 0 Å². The molecule has 6 heteroatoms. The highest BCUT2D eigenvalue weighted by Gasteiger charge is 2.43. The van der Waals surface area contributed by atoms with Crippen molar-refractivity contribution >= 4 is 0 Å². The van der Waals surface area contributed by atoms with Gasteiger partial charge in [-0.05, 0) is 5.56 Å². The molecule has 0 amide bonds. The van der Waals surface area contributed by atoms with Crippen LogP contribution in [0.3, 0.4) is 0 Å². The van der Waals surface area contributed by atoms with Crippen molar-refractivity contribution in [3.8, 4) is 0 Å². The minimum absolute atomic E-state index is 0.00597. The quantitative estimate of drug-likeness (QED) is 0.477. The first-order valence-corrected chi connectivity index (χ1v) is 6.11. The third-order valence-corrected chi connectivity index (χ3v) is 3.33. The smallest absolute Gasteiger partial charge is 0.183 e. The molecule has 2 rings (SSSR count). The third kappa shape index (κ3) is 3.11. The van der Waals surface area contributed by atoms with E-state index in [-0.39, 0.29) is 6.42 Å². The molecule has 0 aliphatic carbocycles. The van der Waals surface area contributed by atoms with E-state index in [2.05, 4.69) is 0 Å². The Morgan fingerprint density at radius 1 is 0.947 bits per heavy atom. The van der Waals surface area contributed by atoms with Crippen LogP contribution in [-0.2, 0) is 4.74 Å². The number of hydrogen-bond donors (Lipinski definition) is 5. The molecule has 0 radical (unpaired) electrons. The van der Waals surface area contributed by atoms with E-state index < -0.39 is 36.8 Å². The summed E-state index contributed by atoms with van der Waals surface area (Å²) in [6, 6.07) is 8.80. The molecule has 0 aromatic heterocycles. The first kappa shape index (κ1) is 14.4. The van der Waals surface area contributed by atoms with Gasteiger partial charge in [-0.1, -0.05) is 30.3 Å². The van der Waals surface area contributed by atoms with Crippen molar-refractivity contribution in [2.24, 2.45) is 0 Å². The van der Waals surface area contributed by atoms with Gasteiger partial charge in [-0.25, -0.2) is 0 Å². The van der Waals surface area contributed by atoms with Crippen molar-refractivity contribution in [1.82, 2.24) is 0 Å². The molecule has 0 spiro atoms. The minimum Gasteiger partial charge on any atom is -0.388 e. The summed E-state index contributed by atoms with van der Waals surface area (Å²) in [5, 5.41) is 48.1. The van der Waals surface area contributed by atoms with Crippen LogP contribution in [0.5, 0.6) is 0 Å². The van der Waals surface area contributed by atoms with E-state index in [0.717, 1.165) is 0 Å². The predicted octanol–water partition coefficient (Wildman–Crippen LogP) is -1.09. The maximum atomic E-state index is 10.0. The van der Waals surface area contributed by atoms with Gasteiger partial charge >= 0.3 is 0 Å². The lowest BCUT2D eigenvalue weighted by atomic mass is 9.93. The largest absolute Gasteiger partial charge is 0.388 e. The fourth-order valence-electron chi connectivity index (χ4n) is 2.16. The SMILES string of the molecule is OC(C[C@@H]1O[C@@H](O)[C@@H](O)[C@H](O)[C@@H]1O)c1ccccc1. The van der Waals surface area contributed by atoms with E-state index in [1.54, 1.807) is 24.3 Å². The van der Waals surface area contributed by atoms with Crippen molar-refractivity contribution in [1.29, 1.82) is 0 Å². The zero-order valence-electron chi connectivity index (χ0n) is 10.2. The molecule has 6 nitrogen and oxygen atoms in total. The van der Waals surface area contributed by atoms with E-state index in [9.17, 15) is 25.5 Å². The van der Waals surface area contributed by atoms with Gasteiger partial charge in [0.1, 0.15) is 18.3 Å². The standard InChI is InChI=1S/C13H18O6/c14-8(7-4-2-1-3-5-7)6-9-10(15)11(16)12(17)13(18)19-9/h1-5,8-18H,6H2/t8?,9-,10+,11+,12-,13+/m0/s1. The van der Waals surface area contributed by atoms with Crippen molar-refractivity contribution < 1.29 is 30.3 Å². The van der Waals surface area contributed by atoms with Crippen LogP contribution >= 0.6 is 0 Å². The highest BCUT2D eigenvalue weighted by molar-refractivity contribution is 5.17. The van der Waals surface area contributed by atoms with Gasteiger partial charge in [0.25, 0.3) is 0 Å². The number of aliphatic hydroxyl groups excluding tert-OH is 5. The number of aliphatic hydroxyl groups is 5.